The van der Waals surface area contributed by atoms with Crippen LogP contribution >= 0.6 is 0 Å². The Bertz CT molecular complexity index is 4300. The van der Waals surface area contributed by atoms with Crippen molar-refractivity contribution in [2.45, 2.75) is 59.0 Å². The van der Waals surface area contributed by atoms with E-state index in [1.54, 1.807) is 0 Å². The normalized spacial score (nSPS) is 12.9. The van der Waals surface area contributed by atoms with Crippen LogP contribution in [-0.2, 0) is 17.5 Å². The number of aromatic nitrogens is 3. The molecule has 0 fully saturated rings. The van der Waals surface area contributed by atoms with Crippen molar-refractivity contribution < 1.29 is 6.11 Å². The molecule has 354 valence electrons. The molecule has 0 amide bonds. The van der Waals surface area contributed by atoms with Gasteiger partial charge in [-0.15, -0.1) is 0 Å². The number of pyridine rings is 1. The van der Waals surface area contributed by atoms with Crippen LogP contribution in [-0.4, -0.2) is 14.1 Å². The lowest BCUT2D eigenvalue weighted by atomic mass is 9.85. The summed E-state index contributed by atoms with van der Waals surface area (Å²) in [5.41, 5.74) is 13.1. The third kappa shape index (κ3) is 7.49. The summed E-state index contributed by atoms with van der Waals surface area (Å²) in [6.45, 7) is 14.0. The van der Waals surface area contributed by atoms with Gasteiger partial charge in [0.2, 0.25) is 0 Å². The fourth-order valence-electron chi connectivity index (χ4n) is 11.3. The van der Waals surface area contributed by atoms with Gasteiger partial charge < -0.3 is 14.2 Å². The maximum atomic E-state index is 9.08. The van der Waals surface area contributed by atoms with Crippen molar-refractivity contribution >= 4 is 76.5 Å². The zero-order chi connectivity index (χ0) is 50.5. The van der Waals surface area contributed by atoms with Crippen LogP contribution in [0.4, 0.5) is 11.4 Å². The van der Waals surface area contributed by atoms with Gasteiger partial charge in [0.1, 0.15) is 24.0 Å². The van der Waals surface area contributed by atoms with E-state index in [0.29, 0.717) is 12.7 Å². The first-order valence-corrected chi connectivity index (χ1v) is 25.4. The molecule has 5 nitrogen and oxygen atoms in total. The van der Waals surface area contributed by atoms with Crippen molar-refractivity contribution in [3.8, 4) is 39.6 Å². The molecule has 4 heterocycles. The minimum Gasteiger partial charge on any atom is -0.457 e. The second-order valence-corrected chi connectivity index (χ2v) is 21.6. The summed E-state index contributed by atoms with van der Waals surface area (Å²) in [6, 6.07) is 74.5. The number of anilines is 2. The highest BCUT2D eigenvalue weighted by Gasteiger charge is 2.27. The molecule has 0 aliphatic carbocycles. The lowest BCUT2D eigenvalue weighted by molar-refractivity contribution is 0.483. The third-order valence-electron chi connectivity index (χ3n) is 14.9. The summed E-state index contributed by atoms with van der Waals surface area (Å²) in [5.74, 6) is 2.35. The predicted octanol–water partition coefficient (Wildman–Crippen LogP) is 18.5. The van der Waals surface area contributed by atoms with Gasteiger partial charge in [0.15, 0.2) is 0 Å². The Kier molecular flexibility index (Phi) is 10.0. The van der Waals surface area contributed by atoms with Gasteiger partial charge in [-0.2, -0.15) is 0 Å². The van der Waals surface area contributed by atoms with E-state index in [0.717, 1.165) is 83.6 Å². The molecule has 0 saturated heterocycles. The molecule has 9 aromatic carbocycles. The number of hydrogen-bond acceptors (Lipinski definition) is 3. The number of nitrogens with zero attached hydrogens (tertiary/aromatic N) is 4. The van der Waals surface area contributed by atoms with E-state index in [1.807, 2.05) is 18.3 Å². The Hall–Kier alpha value is -8.67. The molecule has 0 bridgehead atoms. The molecule has 0 N–H and O–H groups in total. The molecule has 0 atom stereocenters. The van der Waals surface area contributed by atoms with Crippen molar-refractivity contribution in [1.82, 2.24) is 14.1 Å². The van der Waals surface area contributed by atoms with Crippen LogP contribution in [0.15, 0.2) is 218 Å². The monoisotopic (exact) mass is 945 g/mol. The van der Waals surface area contributed by atoms with Crippen molar-refractivity contribution in [3.63, 3.8) is 0 Å². The first-order valence-electron chi connectivity index (χ1n) is 25.9. The molecule has 0 saturated carbocycles. The molecule has 1 aliphatic rings. The number of rotatable bonds is 6. The van der Waals surface area contributed by atoms with Gasteiger partial charge in [-0.25, -0.2) is 4.98 Å². The Morgan fingerprint density at radius 1 is 0.466 bits per heavy atom. The van der Waals surface area contributed by atoms with Crippen LogP contribution < -0.4 is 9.64 Å². The van der Waals surface area contributed by atoms with E-state index >= 15 is 0 Å². The van der Waals surface area contributed by atoms with E-state index < -0.39 is 0 Å². The highest BCUT2D eigenvalue weighted by molar-refractivity contribution is 6.22. The second kappa shape index (κ2) is 17.0. The lowest BCUT2D eigenvalue weighted by Crippen LogP contribution is -2.15. The van der Waals surface area contributed by atoms with Crippen LogP contribution in [0, 0.1) is 0 Å². The molecule has 1 aliphatic heterocycles. The standard InChI is InChI=1S/C68H56N4O/c1-67(2,3)46-22-14-21-45(39-46)52-30-16-31-57-55-27-12-10-25-53(55)54-26-11-13-28-56(54)58-32-18-34-61-66(58)71(65(52)57)43-70(61)48-23-15-24-49(41-48)73-50-35-36-59-62(42-50)72(63-40-47(37-38-69-63)68(4,5)6)60-33-17-29-51(64(59)60)44-19-8-7-9-20-44/h7-42H,43H2,1-6H3/i14D. The number of ether oxygens (including phenoxy) is 1. The van der Waals surface area contributed by atoms with E-state index in [9.17, 15) is 0 Å². The topological polar surface area (TPSA) is 35.2 Å². The average molecular weight is 946 g/mol. The summed E-state index contributed by atoms with van der Waals surface area (Å²) >= 11 is 0. The van der Waals surface area contributed by atoms with Gasteiger partial charge in [-0.3, -0.25) is 4.57 Å². The van der Waals surface area contributed by atoms with E-state index in [2.05, 4.69) is 250 Å². The number of fused-ring (bicyclic) bond motifs is 10. The lowest BCUT2D eigenvalue weighted by Gasteiger charge is -2.22. The SMILES string of the molecule is [2H]c1cc(-c2cccc3c4ccccc4c4ccccc4c4cccc5c4n(c23)CN5c2cccc(Oc3ccc4c5c(-c6ccccc6)cccc5n(-c5cc(C(C)(C)C)ccn5)c4c3)c2)cc(C(C)(C)C)c1. The van der Waals surface area contributed by atoms with Crippen LogP contribution in [0.5, 0.6) is 11.5 Å². The molecule has 73 heavy (non-hydrogen) atoms. The van der Waals surface area contributed by atoms with Gasteiger partial charge >= 0.3 is 0 Å². The molecular formula is C68H56N4O. The molecule has 0 spiro atoms. The highest BCUT2D eigenvalue weighted by Crippen LogP contribution is 2.46. The Balaban J connectivity index is 0.993. The fraction of sp³-hybridized carbons (Fsp3) is 0.132. The largest absolute Gasteiger partial charge is 0.457 e. The number of benzene rings is 9. The summed E-state index contributed by atoms with van der Waals surface area (Å²) < 4.78 is 20.9. The first kappa shape index (κ1) is 43.1. The summed E-state index contributed by atoms with van der Waals surface area (Å²) in [6.07, 6.45) is 1.93. The van der Waals surface area contributed by atoms with Gasteiger partial charge in [0.05, 0.1) is 29.1 Å². The van der Waals surface area contributed by atoms with Crippen molar-refractivity contribution in [3.05, 3.63) is 230 Å². The van der Waals surface area contributed by atoms with E-state index in [1.165, 1.54) is 43.6 Å². The van der Waals surface area contributed by atoms with Gasteiger partial charge in [0.25, 0.3) is 0 Å². The van der Waals surface area contributed by atoms with Crippen LogP contribution in [0.1, 0.15) is 54.0 Å². The number of hydrogen-bond donors (Lipinski definition) is 0. The van der Waals surface area contributed by atoms with Crippen molar-refractivity contribution in [1.29, 1.82) is 0 Å². The van der Waals surface area contributed by atoms with Crippen LogP contribution in [0.3, 0.4) is 0 Å². The Labute approximate surface area is 427 Å². The summed E-state index contributed by atoms with van der Waals surface area (Å²) in [5, 5.41) is 9.36. The van der Waals surface area contributed by atoms with Crippen molar-refractivity contribution in [2.24, 2.45) is 0 Å². The van der Waals surface area contributed by atoms with Crippen molar-refractivity contribution in [2.75, 3.05) is 4.90 Å². The van der Waals surface area contributed by atoms with Gasteiger partial charge in [0, 0.05) is 51.1 Å². The molecule has 0 unspecified atom stereocenters. The Morgan fingerprint density at radius 2 is 1.08 bits per heavy atom. The smallest absolute Gasteiger partial charge is 0.137 e. The van der Waals surface area contributed by atoms with E-state index in [4.69, 9.17) is 11.1 Å². The quantitative estimate of drug-likeness (QED) is 0.167. The second-order valence-electron chi connectivity index (χ2n) is 21.6. The zero-order valence-corrected chi connectivity index (χ0v) is 42.1. The minimum absolute atomic E-state index is 0.0548. The highest BCUT2D eigenvalue weighted by atomic mass is 16.5. The van der Waals surface area contributed by atoms with Gasteiger partial charge in [-0.1, -0.05) is 193 Å². The molecule has 0 radical (unpaired) electrons. The van der Waals surface area contributed by atoms with Crippen LogP contribution in [0.2, 0.25) is 0 Å². The molecular weight excluding hydrogens is 889 g/mol. The molecule has 13 rings (SSSR count). The number of para-hydroxylation sites is 2. The maximum absolute atomic E-state index is 9.08. The molecule has 5 heteroatoms. The molecule has 3 aromatic heterocycles. The summed E-state index contributed by atoms with van der Waals surface area (Å²) in [7, 11) is 0. The third-order valence-corrected chi connectivity index (χ3v) is 14.9. The van der Waals surface area contributed by atoms with Gasteiger partial charge in [-0.05, 0) is 109 Å². The maximum Gasteiger partial charge on any atom is 0.137 e. The minimum atomic E-state index is -0.136. The fourth-order valence-corrected chi connectivity index (χ4v) is 11.3. The first-order chi connectivity index (χ1) is 35.9. The molecule has 12 aromatic rings. The van der Waals surface area contributed by atoms with E-state index in [-0.39, 0.29) is 10.8 Å². The zero-order valence-electron chi connectivity index (χ0n) is 43.1. The average Bonchev–Trinajstić information content (AvgIpc) is 3.97. The predicted molar refractivity (Wildman–Crippen MR) is 308 cm³/mol. The summed E-state index contributed by atoms with van der Waals surface area (Å²) in [4.78, 5) is 7.43. The van der Waals surface area contributed by atoms with Crippen LogP contribution in [0.25, 0.3) is 93.2 Å². The Morgan fingerprint density at radius 3 is 1.82 bits per heavy atom.